The zero-order chi connectivity index (χ0) is 13.7. The molecule has 5 nitrogen and oxygen atoms in total. The van der Waals surface area contributed by atoms with Crippen LogP contribution in [0.2, 0.25) is 0 Å². The van der Waals surface area contributed by atoms with Crippen molar-refractivity contribution in [1.29, 1.82) is 0 Å². The van der Waals surface area contributed by atoms with Gasteiger partial charge in [-0.2, -0.15) is 0 Å². The van der Waals surface area contributed by atoms with Crippen molar-refractivity contribution in [1.82, 2.24) is 4.98 Å². The number of hydrogen-bond donors (Lipinski definition) is 2. The molecule has 0 aromatic carbocycles. The first-order valence-electron chi connectivity index (χ1n) is 5.52. The molecule has 0 fully saturated rings. The summed E-state index contributed by atoms with van der Waals surface area (Å²) in [5.41, 5.74) is 1.68. The van der Waals surface area contributed by atoms with Crippen LogP contribution in [0.5, 0.6) is 0 Å². The molecule has 6 heteroatoms. The number of aromatic nitrogens is 1. The first-order valence-corrected chi connectivity index (χ1v) is 6.34. The third kappa shape index (κ3) is 4.67. The summed E-state index contributed by atoms with van der Waals surface area (Å²) in [4.78, 5) is 27.1. The van der Waals surface area contributed by atoms with E-state index in [0.717, 1.165) is 16.1 Å². The molecular formula is C12H16N2O3S. The lowest BCUT2D eigenvalue weighted by atomic mass is 10.2. The van der Waals surface area contributed by atoms with Crippen molar-refractivity contribution < 1.29 is 14.7 Å². The van der Waals surface area contributed by atoms with Crippen molar-refractivity contribution in [3.8, 4) is 0 Å². The second kappa shape index (κ2) is 6.30. The molecule has 1 aromatic rings. The number of nitrogens with zero attached hydrogens (tertiary/aromatic N) is 1. The predicted octanol–water partition coefficient (Wildman–Crippen LogP) is 2.37. The highest BCUT2D eigenvalue weighted by Crippen LogP contribution is 2.23. The molecule has 1 aromatic heterocycles. The number of aryl methyl sites for hydroxylation is 2. The maximum absolute atomic E-state index is 11.5. The van der Waals surface area contributed by atoms with E-state index in [-0.39, 0.29) is 12.3 Å². The fourth-order valence-electron chi connectivity index (χ4n) is 1.34. The zero-order valence-electron chi connectivity index (χ0n) is 10.6. The summed E-state index contributed by atoms with van der Waals surface area (Å²) in [7, 11) is 0. The average molecular weight is 268 g/mol. The Hall–Kier alpha value is -1.69. The van der Waals surface area contributed by atoms with Gasteiger partial charge in [0.25, 0.3) is 0 Å². The van der Waals surface area contributed by atoms with Crippen molar-refractivity contribution >= 4 is 28.3 Å². The molecule has 0 aliphatic carbocycles. The molecule has 0 radical (unpaired) electrons. The van der Waals surface area contributed by atoms with Crippen molar-refractivity contribution in [3.05, 3.63) is 22.2 Å². The summed E-state index contributed by atoms with van der Waals surface area (Å²) < 4.78 is 0. The van der Waals surface area contributed by atoms with Crippen LogP contribution in [-0.4, -0.2) is 22.0 Å². The quantitative estimate of drug-likeness (QED) is 0.803. The van der Waals surface area contributed by atoms with E-state index in [4.69, 9.17) is 5.11 Å². The smallest absolute Gasteiger partial charge is 0.303 e. The standard InChI is InChI=1S/C12H16N2O3S/c1-7(2)6-10(15)14-12-13-8(3)9(18-12)4-5-11(16)17/h6H,4-5H2,1-3H3,(H,16,17)(H,13,14,15). The van der Waals surface area contributed by atoms with Gasteiger partial charge in [0.1, 0.15) is 0 Å². The first-order chi connectivity index (χ1) is 8.38. The van der Waals surface area contributed by atoms with Crippen LogP contribution < -0.4 is 5.32 Å². The molecular weight excluding hydrogens is 252 g/mol. The van der Waals surface area contributed by atoms with Crippen LogP contribution >= 0.6 is 11.3 Å². The van der Waals surface area contributed by atoms with Crippen LogP contribution in [0.1, 0.15) is 30.8 Å². The summed E-state index contributed by atoms with van der Waals surface area (Å²) in [5, 5.41) is 11.8. The number of carboxylic acids is 1. The molecule has 0 atom stereocenters. The van der Waals surface area contributed by atoms with Gasteiger partial charge in [0, 0.05) is 11.0 Å². The number of rotatable bonds is 5. The van der Waals surface area contributed by atoms with Gasteiger partial charge in [-0.05, 0) is 27.2 Å². The second-order valence-corrected chi connectivity index (χ2v) is 5.22. The number of aliphatic carboxylic acids is 1. The molecule has 1 amide bonds. The van der Waals surface area contributed by atoms with Gasteiger partial charge in [-0.25, -0.2) is 4.98 Å². The SMILES string of the molecule is CC(C)=CC(=O)Nc1nc(C)c(CCC(=O)O)s1. The molecule has 1 heterocycles. The summed E-state index contributed by atoms with van der Waals surface area (Å²) in [5.74, 6) is -1.05. The Labute approximate surface area is 110 Å². The van der Waals surface area contributed by atoms with Crippen LogP contribution in [0, 0.1) is 6.92 Å². The number of anilines is 1. The molecule has 0 aliphatic rings. The van der Waals surface area contributed by atoms with Crippen molar-refractivity contribution in [2.45, 2.75) is 33.6 Å². The van der Waals surface area contributed by atoms with Gasteiger partial charge >= 0.3 is 5.97 Å². The number of thiazole rings is 1. The number of hydrogen-bond acceptors (Lipinski definition) is 4. The van der Waals surface area contributed by atoms with Crippen LogP contribution in [0.15, 0.2) is 11.6 Å². The largest absolute Gasteiger partial charge is 0.481 e. The highest BCUT2D eigenvalue weighted by molar-refractivity contribution is 7.15. The van der Waals surface area contributed by atoms with E-state index in [0.29, 0.717) is 11.6 Å². The monoisotopic (exact) mass is 268 g/mol. The minimum atomic E-state index is -0.835. The summed E-state index contributed by atoms with van der Waals surface area (Å²) in [6.07, 6.45) is 2.01. The Morgan fingerprint density at radius 2 is 2.11 bits per heavy atom. The Balaban J connectivity index is 2.69. The number of amides is 1. The third-order valence-electron chi connectivity index (χ3n) is 2.11. The number of carbonyl (C=O) groups excluding carboxylic acids is 1. The minimum absolute atomic E-state index is 0.0738. The van der Waals surface area contributed by atoms with E-state index in [9.17, 15) is 9.59 Å². The lowest BCUT2D eigenvalue weighted by Crippen LogP contribution is -2.07. The molecule has 2 N–H and O–H groups in total. The first kappa shape index (κ1) is 14.4. The van der Waals surface area contributed by atoms with Crippen LogP contribution in [-0.2, 0) is 16.0 Å². The predicted molar refractivity (Wildman–Crippen MR) is 70.9 cm³/mol. The highest BCUT2D eigenvalue weighted by atomic mass is 32.1. The molecule has 0 spiro atoms. The normalized spacial score (nSPS) is 9.94. The topological polar surface area (TPSA) is 79.3 Å². The van der Waals surface area contributed by atoms with Gasteiger partial charge in [0.2, 0.25) is 5.91 Å². The van der Waals surface area contributed by atoms with Gasteiger partial charge in [0.15, 0.2) is 5.13 Å². The molecule has 1 rings (SSSR count). The van der Waals surface area contributed by atoms with Gasteiger partial charge < -0.3 is 5.11 Å². The van der Waals surface area contributed by atoms with E-state index >= 15 is 0 Å². The van der Waals surface area contributed by atoms with Gasteiger partial charge in [-0.15, -0.1) is 11.3 Å². The fraction of sp³-hybridized carbons (Fsp3) is 0.417. The van der Waals surface area contributed by atoms with Gasteiger partial charge in [0.05, 0.1) is 12.1 Å². The van der Waals surface area contributed by atoms with Crippen molar-refractivity contribution in [2.24, 2.45) is 0 Å². The van der Waals surface area contributed by atoms with Crippen LogP contribution in [0.25, 0.3) is 0 Å². The van der Waals surface area contributed by atoms with E-state index in [1.165, 1.54) is 17.4 Å². The van der Waals surface area contributed by atoms with Crippen LogP contribution in [0.3, 0.4) is 0 Å². The number of nitrogens with one attached hydrogen (secondary N) is 1. The Kier molecular flexibility index (Phi) is 5.03. The summed E-state index contributed by atoms with van der Waals surface area (Å²) in [6, 6.07) is 0. The fourth-order valence-corrected chi connectivity index (χ4v) is 2.30. The highest BCUT2D eigenvalue weighted by Gasteiger charge is 2.10. The molecule has 18 heavy (non-hydrogen) atoms. The van der Waals surface area contributed by atoms with E-state index in [1.54, 1.807) is 0 Å². The maximum atomic E-state index is 11.5. The molecule has 0 unspecified atom stereocenters. The maximum Gasteiger partial charge on any atom is 0.303 e. The Morgan fingerprint density at radius 3 is 2.67 bits per heavy atom. The number of carboxylic acid groups (broad SMARTS) is 1. The van der Waals surface area contributed by atoms with E-state index in [2.05, 4.69) is 10.3 Å². The molecule has 0 saturated carbocycles. The third-order valence-corrected chi connectivity index (χ3v) is 3.24. The average Bonchev–Trinajstić information content (AvgIpc) is 2.54. The zero-order valence-corrected chi connectivity index (χ0v) is 11.4. The molecule has 0 bridgehead atoms. The number of carbonyl (C=O) groups is 2. The van der Waals surface area contributed by atoms with E-state index < -0.39 is 5.97 Å². The lowest BCUT2D eigenvalue weighted by molar-refractivity contribution is -0.136. The Morgan fingerprint density at radius 1 is 1.44 bits per heavy atom. The van der Waals surface area contributed by atoms with Crippen molar-refractivity contribution in [3.63, 3.8) is 0 Å². The van der Waals surface area contributed by atoms with Crippen molar-refractivity contribution in [2.75, 3.05) is 5.32 Å². The second-order valence-electron chi connectivity index (χ2n) is 4.13. The molecule has 0 aliphatic heterocycles. The Bertz CT molecular complexity index is 488. The lowest BCUT2D eigenvalue weighted by Gasteiger charge is -1.96. The minimum Gasteiger partial charge on any atom is -0.481 e. The van der Waals surface area contributed by atoms with Crippen LogP contribution in [0.4, 0.5) is 5.13 Å². The molecule has 0 saturated heterocycles. The number of allylic oxidation sites excluding steroid dienone is 1. The van der Waals surface area contributed by atoms with Gasteiger partial charge in [-0.1, -0.05) is 5.57 Å². The van der Waals surface area contributed by atoms with Gasteiger partial charge in [-0.3, -0.25) is 14.9 Å². The van der Waals surface area contributed by atoms with E-state index in [1.807, 2.05) is 20.8 Å². The summed E-state index contributed by atoms with van der Waals surface area (Å²) >= 11 is 1.32. The molecule has 98 valence electrons. The summed E-state index contributed by atoms with van der Waals surface area (Å²) in [6.45, 7) is 5.49.